The predicted octanol–water partition coefficient (Wildman–Crippen LogP) is 9.45. The van der Waals surface area contributed by atoms with Crippen LogP contribution >= 0.6 is 31.9 Å². The third kappa shape index (κ3) is 7.39. The zero-order valence-electron chi connectivity index (χ0n) is 23.9. The second-order valence-corrected chi connectivity index (χ2v) is 11.3. The fraction of sp³-hybridized carbons (Fsp3) is 0.118. The van der Waals surface area contributed by atoms with Crippen molar-refractivity contribution in [3.8, 4) is 45.0 Å². The van der Waals surface area contributed by atoms with E-state index in [-0.39, 0.29) is 11.6 Å². The summed E-state index contributed by atoms with van der Waals surface area (Å²) in [7, 11) is 3.25. The van der Waals surface area contributed by atoms with Gasteiger partial charge in [0.25, 0.3) is 0 Å². The van der Waals surface area contributed by atoms with Crippen LogP contribution in [0.1, 0.15) is 0 Å². The summed E-state index contributed by atoms with van der Waals surface area (Å²) in [6.45, 7) is 0.676. The van der Waals surface area contributed by atoms with E-state index in [1.54, 1.807) is 47.8 Å². The number of nitrogens with zero attached hydrogens (tertiary/aromatic N) is 4. The van der Waals surface area contributed by atoms with Crippen LogP contribution in [0.15, 0.2) is 118 Å². The summed E-state index contributed by atoms with van der Waals surface area (Å²) >= 11 is 7.10. The van der Waals surface area contributed by atoms with E-state index in [0.717, 1.165) is 54.0 Å². The number of benzene rings is 4. The van der Waals surface area contributed by atoms with Crippen LogP contribution in [-0.4, -0.2) is 33.8 Å². The van der Waals surface area contributed by atoms with Gasteiger partial charge in [0.15, 0.2) is 0 Å². The predicted molar refractivity (Wildman–Crippen MR) is 176 cm³/mol. The highest BCUT2D eigenvalue weighted by molar-refractivity contribution is 9.11. The first-order chi connectivity index (χ1) is 21.4. The Morgan fingerprint density at radius 2 is 1.02 bits per heavy atom. The lowest BCUT2D eigenvalue weighted by Gasteiger charge is -2.07. The molecule has 0 spiro atoms. The van der Waals surface area contributed by atoms with Crippen LogP contribution in [0.2, 0.25) is 0 Å². The van der Waals surface area contributed by atoms with E-state index >= 15 is 0 Å². The highest BCUT2D eigenvalue weighted by atomic mass is 79.9. The molecule has 0 N–H and O–H groups in total. The first-order valence-electron chi connectivity index (χ1n) is 13.5. The molecule has 0 unspecified atom stereocenters. The van der Waals surface area contributed by atoms with Gasteiger partial charge in [0.05, 0.1) is 22.8 Å². The van der Waals surface area contributed by atoms with Crippen LogP contribution in [0.3, 0.4) is 0 Å². The van der Waals surface area contributed by atoms with Crippen LogP contribution in [0.5, 0.6) is 0 Å². The molecule has 0 aliphatic carbocycles. The lowest BCUT2D eigenvalue weighted by molar-refractivity contribution is 0.122. The number of rotatable bonds is 8. The van der Waals surface area contributed by atoms with Gasteiger partial charge in [-0.1, -0.05) is 68.3 Å². The molecule has 0 saturated carbocycles. The molecule has 2 aromatic heterocycles. The molecular formula is C34H28Br2F2N4O2. The van der Waals surface area contributed by atoms with E-state index in [1.165, 1.54) is 24.3 Å². The maximum atomic E-state index is 13.1. The second-order valence-electron chi connectivity index (χ2n) is 9.64. The summed E-state index contributed by atoms with van der Waals surface area (Å²) in [6, 6.07) is 32.5. The molecule has 2 heterocycles. The molecule has 44 heavy (non-hydrogen) atoms. The number of methoxy groups -OCH3 is 2. The van der Waals surface area contributed by atoms with Gasteiger partial charge in [0.1, 0.15) is 25.1 Å². The third-order valence-corrected chi connectivity index (χ3v) is 8.03. The SMILES string of the molecule is COCn1nc(-c2ccc(F)cc2)cc1-c1ccccc1Br.COCn1nc(-c2ccccc2Br)cc1-c1ccc(F)cc1. The van der Waals surface area contributed by atoms with Crippen molar-refractivity contribution < 1.29 is 18.3 Å². The van der Waals surface area contributed by atoms with E-state index in [9.17, 15) is 8.78 Å². The van der Waals surface area contributed by atoms with E-state index < -0.39 is 0 Å². The molecule has 0 saturated heterocycles. The van der Waals surface area contributed by atoms with Gasteiger partial charge in [-0.25, -0.2) is 18.1 Å². The average molecular weight is 722 g/mol. The molecular weight excluding hydrogens is 694 g/mol. The first-order valence-corrected chi connectivity index (χ1v) is 15.1. The Kier molecular flexibility index (Phi) is 10.5. The summed E-state index contributed by atoms with van der Waals surface area (Å²) in [6.07, 6.45) is 0. The van der Waals surface area contributed by atoms with Crippen molar-refractivity contribution in [3.63, 3.8) is 0 Å². The molecule has 224 valence electrons. The molecule has 6 nitrogen and oxygen atoms in total. The van der Waals surface area contributed by atoms with Crippen molar-refractivity contribution in [2.45, 2.75) is 13.5 Å². The van der Waals surface area contributed by atoms with E-state index in [2.05, 4.69) is 42.1 Å². The number of halogens is 4. The lowest BCUT2D eigenvalue weighted by Crippen LogP contribution is -2.04. The van der Waals surface area contributed by atoms with Gasteiger partial charge in [-0.2, -0.15) is 10.2 Å². The van der Waals surface area contributed by atoms with Crippen LogP contribution in [0, 0.1) is 11.6 Å². The molecule has 0 radical (unpaired) electrons. The Bertz CT molecular complexity index is 1840. The molecule has 0 atom stereocenters. The Hall–Kier alpha value is -3.96. The van der Waals surface area contributed by atoms with Crippen molar-refractivity contribution in [2.75, 3.05) is 14.2 Å². The molecule has 0 aliphatic heterocycles. The molecule has 4 aromatic carbocycles. The third-order valence-electron chi connectivity index (χ3n) is 6.64. The Labute approximate surface area is 271 Å². The highest BCUT2D eigenvalue weighted by Gasteiger charge is 2.15. The fourth-order valence-corrected chi connectivity index (χ4v) is 5.55. The summed E-state index contributed by atoms with van der Waals surface area (Å²) in [5.41, 5.74) is 7.22. The van der Waals surface area contributed by atoms with Gasteiger partial charge in [-0.05, 0) is 72.8 Å². The van der Waals surface area contributed by atoms with Gasteiger partial charge in [0.2, 0.25) is 0 Å². The van der Waals surface area contributed by atoms with E-state index in [0.29, 0.717) is 13.5 Å². The summed E-state index contributed by atoms with van der Waals surface area (Å²) in [4.78, 5) is 0. The quantitative estimate of drug-likeness (QED) is 0.157. The monoisotopic (exact) mass is 720 g/mol. The number of hydrogen-bond donors (Lipinski definition) is 0. The van der Waals surface area contributed by atoms with Gasteiger partial charge < -0.3 is 9.47 Å². The molecule has 0 bridgehead atoms. The number of aromatic nitrogens is 4. The lowest BCUT2D eigenvalue weighted by atomic mass is 10.1. The normalized spacial score (nSPS) is 10.9. The Morgan fingerprint density at radius 1 is 0.568 bits per heavy atom. The Morgan fingerprint density at radius 3 is 1.57 bits per heavy atom. The van der Waals surface area contributed by atoms with Crippen LogP contribution in [-0.2, 0) is 22.9 Å². The maximum Gasteiger partial charge on any atom is 0.139 e. The minimum Gasteiger partial charge on any atom is -0.362 e. The molecule has 6 rings (SSSR count). The zero-order chi connectivity index (χ0) is 31.1. The molecule has 10 heteroatoms. The van der Waals surface area contributed by atoms with Crippen LogP contribution < -0.4 is 0 Å². The van der Waals surface area contributed by atoms with Crippen molar-refractivity contribution in [2.24, 2.45) is 0 Å². The van der Waals surface area contributed by atoms with E-state index in [4.69, 9.17) is 9.47 Å². The molecule has 0 aliphatic rings. The fourth-order valence-electron chi connectivity index (χ4n) is 4.58. The van der Waals surface area contributed by atoms with Crippen molar-refractivity contribution in [1.29, 1.82) is 0 Å². The van der Waals surface area contributed by atoms with Gasteiger partial charge in [-0.3, -0.25) is 0 Å². The van der Waals surface area contributed by atoms with E-state index in [1.807, 2.05) is 60.7 Å². The molecule has 6 aromatic rings. The standard InChI is InChI=1S/2C17H14BrFN2O/c1-22-11-21-17(12-6-8-13(19)9-7-12)10-16(20-21)14-4-2-3-5-15(14)18;1-22-11-21-17(14-4-2-3-5-15(14)18)10-16(20-21)12-6-8-13(19)9-7-12/h2*2-10H,11H2,1H3. The number of ether oxygens (including phenoxy) is 2. The summed E-state index contributed by atoms with van der Waals surface area (Å²) in [5.74, 6) is -0.515. The maximum absolute atomic E-state index is 13.1. The summed E-state index contributed by atoms with van der Waals surface area (Å²) in [5, 5.41) is 9.16. The zero-order valence-corrected chi connectivity index (χ0v) is 27.1. The van der Waals surface area contributed by atoms with Gasteiger partial charge in [0, 0.05) is 45.4 Å². The van der Waals surface area contributed by atoms with Gasteiger partial charge >= 0.3 is 0 Å². The van der Waals surface area contributed by atoms with Crippen LogP contribution in [0.25, 0.3) is 45.0 Å². The van der Waals surface area contributed by atoms with Crippen molar-refractivity contribution >= 4 is 31.9 Å². The topological polar surface area (TPSA) is 54.1 Å². The minimum absolute atomic E-state index is 0.257. The molecule has 0 fully saturated rings. The van der Waals surface area contributed by atoms with Crippen LogP contribution in [0.4, 0.5) is 8.78 Å². The van der Waals surface area contributed by atoms with Gasteiger partial charge in [-0.15, -0.1) is 0 Å². The van der Waals surface area contributed by atoms with Crippen molar-refractivity contribution in [3.05, 3.63) is 130 Å². The molecule has 0 amide bonds. The summed E-state index contributed by atoms with van der Waals surface area (Å²) < 4.78 is 42.1. The first kappa shape index (κ1) is 31.5. The highest BCUT2D eigenvalue weighted by Crippen LogP contribution is 2.32. The average Bonchev–Trinajstić information content (AvgIpc) is 3.64. The Balaban J connectivity index is 0.000000175. The second kappa shape index (κ2) is 14.7. The smallest absolute Gasteiger partial charge is 0.139 e. The minimum atomic E-state index is -0.258. The van der Waals surface area contributed by atoms with Crippen molar-refractivity contribution in [1.82, 2.24) is 19.6 Å². The number of hydrogen-bond acceptors (Lipinski definition) is 4. The largest absolute Gasteiger partial charge is 0.362 e.